The van der Waals surface area contributed by atoms with E-state index >= 15 is 0 Å². The van der Waals surface area contributed by atoms with E-state index in [-0.39, 0.29) is 0 Å². The maximum absolute atomic E-state index is 4.27. The fraction of sp³-hybridized carbons (Fsp3) is 0.500. The van der Waals surface area contributed by atoms with Gasteiger partial charge in [0.05, 0.1) is 5.75 Å². The Morgan fingerprint density at radius 1 is 1.47 bits per heavy atom. The standard InChI is InChI=1S/C10H15N5S2/c1-3-4-12-9-13-14-10(17-9)16-7-8-11-5-6-15(8)2/h5-6H,3-4,7H2,1-2H3,(H,12,13). The number of thioether (sulfide) groups is 1. The van der Waals surface area contributed by atoms with Crippen LogP contribution in [-0.4, -0.2) is 26.3 Å². The predicted octanol–water partition coefficient (Wildman–Crippen LogP) is 2.39. The first-order valence-corrected chi connectivity index (χ1v) is 7.26. The maximum Gasteiger partial charge on any atom is 0.206 e. The van der Waals surface area contributed by atoms with Crippen LogP contribution in [0.3, 0.4) is 0 Å². The fourth-order valence-corrected chi connectivity index (χ4v) is 3.01. The summed E-state index contributed by atoms with van der Waals surface area (Å²) in [5, 5.41) is 12.3. The lowest BCUT2D eigenvalue weighted by Crippen LogP contribution is -1.98. The second kappa shape index (κ2) is 6.02. The van der Waals surface area contributed by atoms with Crippen LogP contribution in [0.25, 0.3) is 0 Å². The van der Waals surface area contributed by atoms with Gasteiger partial charge in [0.1, 0.15) is 5.82 Å². The Hall–Kier alpha value is -1.08. The third-order valence-corrected chi connectivity index (χ3v) is 4.19. The van der Waals surface area contributed by atoms with Crippen molar-refractivity contribution < 1.29 is 0 Å². The molecule has 2 aromatic rings. The second-order valence-corrected chi connectivity index (χ2v) is 5.74. The number of hydrogen-bond donors (Lipinski definition) is 1. The highest BCUT2D eigenvalue weighted by molar-refractivity contribution is 8.00. The molecule has 0 saturated heterocycles. The van der Waals surface area contributed by atoms with Gasteiger partial charge in [-0.25, -0.2) is 4.98 Å². The third-order valence-electron chi connectivity index (χ3n) is 2.18. The summed E-state index contributed by atoms with van der Waals surface area (Å²) in [5.74, 6) is 1.87. The van der Waals surface area contributed by atoms with Crippen LogP contribution in [-0.2, 0) is 12.8 Å². The molecule has 0 spiro atoms. The molecule has 0 bridgehead atoms. The maximum atomic E-state index is 4.27. The van der Waals surface area contributed by atoms with Gasteiger partial charge in [0.2, 0.25) is 5.13 Å². The number of nitrogens with one attached hydrogen (secondary N) is 1. The average molecular weight is 269 g/mol. The van der Waals surface area contributed by atoms with E-state index in [0.717, 1.165) is 34.0 Å². The zero-order chi connectivity index (χ0) is 12.1. The Labute approximate surface area is 109 Å². The molecule has 0 aromatic carbocycles. The van der Waals surface area contributed by atoms with Gasteiger partial charge in [-0.3, -0.25) is 0 Å². The highest BCUT2D eigenvalue weighted by atomic mass is 32.2. The van der Waals surface area contributed by atoms with E-state index in [1.54, 1.807) is 23.1 Å². The summed E-state index contributed by atoms with van der Waals surface area (Å²) in [4.78, 5) is 4.27. The highest BCUT2D eigenvalue weighted by Crippen LogP contribution is 2.27. The fourth-order valence-electron chi connectivity index (χ4n) is 1.23. The Kier molecular flexibility index (Phi) is 4.38. The Balaban J connectivity index is 1.87. The van der Waals surface area contributed by atoms with Gasteiger partial charge in [0, 0.05) is 26.0 Å². The van der Waals surface area contributed by atoms with Crippen LogP contribution in [0.2, 0.25) is 0 Å². The van der Waals surface area contributed by atoms with Gasteiger partial charge >= 0.3 is 0 Å². The molecule has 0 radical (unpaired) electrons. The molecule has 92 valence electrons. The molecule has 1 N–H and O–H groups in total. The number of rotatable bonds is 6. The van der Waals surface area contributed by atoms with Gasteiger partial charge in [-0.15, -0.1) is 10.2 Å². The first-order valence-electron chi connectivity index (χ1n) is 5.46. The molecule has 0 unspecified atom stereocenters. The van der Waals surface area contributed by atoms with Crippen molar-refractivity contribution in [3.05, 3.63) is 18.2 Å². The SMILES string of the molecule is CCCNc1nnc(SCc2nccn2C)s1. The summed E-state index contributed by atoms with van der Waals surface area (Å²) < 4.78 is 3.00. The van der Waals surface area contributed by atoms with E-state index in [1.165, 1.54) is 0 Å². The molecule has 0 atom stereocenters. The summed E-state index contributed by atoms with van der Waals surface area (Å²) >= 11 is 3.26. The number of imidazole rings is 1. The van der Waals surface area contributed by atoms with Crippen LogP contribution in [0.15, 0.2) is 16.7 Å². The minimum Gasteiger partial charge on any atom is -0.360 e. The number of nitrogens with zero attached hydrogens (tertiary/aromatic N) is 4. The van der Waals surface area contributed by atoms with Crippen LogP contribution in [0.5, 0.6) is 0 Å². The molecule has 2 heterocycles. The highest BCUT2D eigenvalue weighted by Gasteiger charge is 2.06. The monoisotopic (exact) mass is 269 g/mol. The largest absolute Gasteiger partial charge is 0.360 e. The number of hydrogen-bond acceptors (Lipinski definition) is 6. The Bertz CT molecular complexity index is 465. The topological polar surface area (TPSA) is 55.6 Å². The summed E-state index contributed by atoms with van der Waals surface area (Å²) in [6, 6.07) is 0. The second-order valence-electron chi connectivity index (χ2n) is 3.54. The van der Waals surface area contributed by atoms with Crippen molar-refractivity contribution in [1.82, 2.24) is 19.7 Å². The van der Waals surface area contributed by atoms with Crippen molar-refractivity contribution in [1.29, 1.82) is 0 Å². The molecular weight excluding hydrogens is 254 g/mol. The first kappa shape index (κ1) is 12.4. The van der Waals surface area contributed by atoms with Crippen molar-refractivity contribution in [3.63, 3.8) is 0 Å². The summed E-state index contributed by atoms with van der Waals surface area (Å²) in [6.07, 6.45) is 4.85. The predicted molar refractivity (Wildman–Crippen MR) is 71.5 cm³/mol. The van der Waals surface area contributed by atoms with Gasteiger partial charge in [0.25, 0.3) is 0 Å². The molecule has 17 heavy (non-hydrogen) atoms. The van der Waals surface area contributed by atoms with E-state index in [2.05, 4.69) is 27.4 Å². The van der Waals surface area contributed by atoms with Gasteiger partial charge in [-0.1, -0.05) is 30.0 Å². The Morgan fingerprint density at radius 2 is 2.35 bits per heavy atom. The molecule has 0 amide bonds. The molecule has 0 aliphatic rings. The smallest absolute Gasteiger partial charge is 0.206 e. The third kappa shape index (κ3) is 3.44. The minimum atomic E-state index is 0.825. The van der Waals surface area contributed by atoms with Gasteiger partial charge in [-0.2, -0.15) is 0 Å². The molecule has 0 aliphatic heterocycles. The summed E-state index contributed by atoms with van der Waals surface area (Å²) in [7, 11) is 2.00. The van der Waals surface area contributed by atoms with Crippen LogP contribution in [0.1, 0.15) is 19.2 Å². The van der Waals surface area contributed by atoms with Crippen LogP contribution in [0.4, 0.5) is 5.13 Å². The normalized spacial score (nSPS) is 10.7. The quantitative estimate of drug-likeness (QED) is 0.816. The van der Waals surface area contributed by atoms with E-state index in [1.807, 2.05) is 24.0 Å². The van der Waals surface area contributed by atoms with Crippen molar-refractivity contribution in [2.45, 2.75) is 23.4 Å². The lowest BCUT2D eigenvalue weighted by Gasteiger charge is -1.98. The average Bonchev–Trinajstić information content (AvgIpc) is 2.93. The molecule has 5 nitrogen and oxygen atoms in total. The molecule has 0 fully saturated rings. The molecular formula is C10H15N5S2. The van der Waals surface area contributed by atoms with E-state index in [9.17, 15) is 0 Å². The molecule has 7 heteroatoms. The lowest BCUT2D eigenvalue weighted by molar-refractivity contribution is 0.848. The molecule has 0 saturated carbocycles. The van der Waals surface area contributed by atoms with Crippen LogP contribution >= 0.6 is 23.1 Å². The number of anilines is 1. The van der Waals surface area contributed by atoms with Crippen molar-refractivity contribution >= 4 is 28.2 Å². The lowest BCUT2D eigenvalue weighted by atomic mass is 10.5. The van der Waals surface area contributed by atoms with E-state index < -0.39 is 0 Å². The van der Waals surface area contributed by atoms with E-state index in [0.29, 0.717) is 0 Å². The zero-order valence-corrected chi connectivity index (χ0v) is 11.5. The molecule has 2 aromatic heterocycles. The number of aryl methyl sites for hydroxylation is 1. The minimum absolute atomic E-state index is 0.825. The summed E-state index contributed by atoms with van der Waals surface area (Å²) in [5.41, 5.74) is 0. The molecule has 0 aliphatic carbocycles. The summed E-state index contributed by atoms with van der Waals surface area (Å²) in [6.45, 7) is 3.07. The van der Waals surface area contributed by atoms with Crippen molar-refractivity contribution in [2.24, 2.45) is 7.05 Å². The van der Waals surface area contributed by atoms with Crippen LogP contribution < -0.4 is 5.32 Å². The molecule has 2 rings (SSSR count). The van der Waals surface area contributed by atoms with Crippen molar-refractivity contribution in [3.8, 4) is 0 Å². The van der Waals surface area contributed by atoms with E-state index in [4.69, 9.17) is 0 Å². The van der Waals surface area contributed by atoms with Crippen molar-refractivity contribution in [2.75, 3.05) is 11.9 Å². The Morgan fingerprint density at radius 3 is 3.06 bits per heavy atom. The van der Waals surface area contributed by atoms with Gasteiger partial charge in [-0.05, 0) is 6.42 Å². The van der Waals surface area contributed by atoms with Crippen LogP contribution in [0, 0.1) is 0 Å². The first-order chi connectivity index (χ1) is 8.29. The van der Waals surface area contributed by atoms with Gasteiger partial charge < -0.3 is 9.88 Å². The number of aromatic nitrogens is 4. The zero-order valence-electron chi connectivity index (χ0n) is 9.88. The van der Waals surface area contributed by atoms with Gasteiger partial charge in [0.15, 0.2) is 4.34 Å².